The Hall–Kier alpha value is -1.71. The lowest BCUT2D eigenvalue weighted by Crippen LogP contribution is -2.28. The summed E-state index contributed by atoms with van der Waals surface area (Å²) < 4.78 is 32.0. The summed E-state index contributed by atoms with van der Waals surface area (Å²) in [4.78, 5) is 12.5. The van der Waals surface area contributed by atoms with Crippen molar-refractivity contribution in [2.75, 3.05) is 14.1 Å². The predicted octanol–water partition coefficient (Wildman–Crippen LogP) is 3.48. The van der Waals surface area contributed by atoms with Crippen LogP contribution in [-0.2, 0) is 20.1 Å². The Balaban J connectivity index is 2.37. The van der Waals surface area contributed by atoms with Gasteiger partial charge in [-0.3, -0.25) is 0 Å². The molecule has 0 unspecified atom stereocenters. The number of hydrogen-bond donors (Lipinski definition) is 0. The molecule has 0 N–H and O–H groups in total. The fourth-order valence-electron chi connectivity index (χ4n) is 2.13. The number of benzene rings is 1. The maximum Gasteiger partial charge on any atom is 0.435 e. The molecule has 0 spiro atoms. The summed E-state index contributed by atoms with van der Waals surface area (Å²) in [7, 11) is -0.531. The van der Waals surface area contributed by atoms with Gasteiger partial charge in [-0.2, -0.15) is 9.78 Å². The average Bonchev–Trinajstić information content (AvgIpc) is 2.97. The fourth-order valence-corrected chi connectivity index (χ4v) is 3.43. The molecule has 0 aliphatic heterocycles. The maximum atomic E-state index is 12.3. The topological polar surface area (TPSA) is 81.5 Å². The van der Waals surface area contributed by atoms with E-state index in [1.54, 1.807) is 39.0 Å². The molecule has 2 rings (SSSR count). The second-order valence-corrected chi connectivity index (χ2v) is 9.57. The van der Waals surface area contributed by atoms with Gasteiger partial charge >= 0.3 is 6.09 Å². The van der Waals surface area contributed by atoms with Crippen molar-refractivity contribution in [3.63, 3.8) is 0 Å². The molecule has 9 heteroatoms. The molecule has 0 fully saturated rings. The minimum absolute atomic E-state index is 0.193. The smallest absolute Gasteiger partial charge is 0.435 e. The van der Waals surface area contributed by atoms with E-state index >= 15 is 0 Å². The number of aromatic nitrogens is 2. The van der Waals surface area contributed by atoms with Gasteiger partial charge in [-0.15, -0.1) is 0 Å². The zero-order valence-electron chi connectivity index (χ0n) is 15.4. The molecule has 142 valence electrons. The Labute approximate surface area is 162 Å². The zero-order valence-corrected chi connectivity index (χ0v) is 17.8. The lowest BCUT2D eigenvalue weighted by atomic mass is 10.1. The molecule has 0 aliphatic rings. The second-order valence-electron chi connectivity index (χ2n) is 6.86. The Kier molecular flexibility index (Phi) is 5.94. The Morgan fingerprint density at radius 3 is 2.27 bits per heavy atom. The second kappa shape index (κ2) is 7.50. The van der Waals surface area contributed by atoms with E-state index < -0.39 is 21.7 Å². The van der Waals surface area contributed by atoms with Gasteiger partial charge in [0, 0.05) is 25.0 Å². The fraction of sp³-hybridized carbons (Fsp3) is 0.412. The highest BCUT2D eigenvalue weighted by molar-refractivity contribution is 9.08. The van der Waals surface area contributed by atoms with E-state index in [-0.39, 0.29) is 4.90 Å². The molecule has 0 bridgehead atoms. The molecule has 0 saturated carbocycles. The quantitative estimate of drug-likeness (QED) is 0.675. The lowest BCUT2D eigenvalue weighted by molar-refractivity contribution is 0.0511. The molecular weight excluding hydrogens is 422 g/mol. The molecule has 0 atom stereocenters. The van der Waals surface area contributed by atoms with Gasteiger partial charge in [0.1, 0.15) is 5.60 Å². The largest absolute Gasteiger partial charge is 0.442 e. The van der Waals surface area contributed by atoms with Crippen LogP contribution in [0.2, 0.25) is 0 Å². The third-order valence-corrected chi connectivity index (χ3v) is 5.82. The van der Waals surface area contributed by atoms with E-state index in [0.29, 0.717) is 22.3 Å². The molecule has 1 heterocycles. The zero-order chi connectivity index (χ0) is 19.7. The van der Waals surface area contributed by atoms with Crippen LogP contribution in [0.1, 0.15) is 26.5 Å². The first-order valence-electron chi connectivity index (χ1n) is 7.87. The van der Waals surface area contributed by atoms with Crippen LogP contribution in [0, 0.1) is 0 Å². The van der Waals surface area contributed by atoms with Crippen molar-refractivity contribution in [2.24, 2.45) is 0 Å². The number of sulfonamides is 1. The van der Waals surface area contributed by atoms with Crippen molar-refractivity contribution in [3.8, 4) is 11.3 Å². The molecule has 7 nitrogen and oxygen atoms in total. The van der Waals surface area contributed by atoms with Crippen molar-refractivity contribution < 1.29 is 17.9 Å². The standard InChI is InChI=1S/C17H22BrN3O4S/c1-17(2,3)25-16(22)21-13(11-18)10-15(19-21)12-6-8-14(9-7-12)26(23,24)20(4)5/h6-10H,11H2,1-5H3. The van der Waals surface area contributed by atoms with E-state index in [1.807, 2.05) is 0 Å². The lowest BCUT2D eigenvalue weighted by Gasteiger charge is -2.19. The van der Waals surface area contributed by atoms with Crippen LogP contribution < -0.4 is 0 Å². The molecule has 1 aromatic carbocycles. The molecule has 0 saturated heterocycles. The number of carbonyl (C=O) groups excluding carboxylic acids is 1. The summed E-state index contributed by atoms with van der Waals surface area (Å²) >= 11 is 3.34. The van der Waals surface area contributed by atoms with Gasteiger partial charge in [-0.25, -0.2) is 17.5 Å². The molecule has 0 radical (unpaired) electrons. The highest BCUT2D eigenvalue weighted by Crippen LogP contribution is 2.24. The SMILES string of the molecule is CN(C)S(=O)(=O)c1ccc(-c2cc(CBr)n(C(=O)OC(C)(C)C)n2)cc1. The average molecular weight is 444 g/mol. The van der Waals surface area contributed by atoms with Gasteiger partial charge in [0.2, 0.25) is 10.0 Å². The molecule has 1 aromatic heterocycles. The monoisotopic (exact) mass is 443 g/mol. The molecular formula is C17H22BrN3O4S. The van der Waals surface area contributed by atoms with Gasteiger partial charge in [0.15, 0.2) is 0 Å². The number of carbonyl (C=O) groups is 1. The molecule has 26 heavy (non-hydrogen) atoms. The Morgan fingerprint density at radius 1 is 1.23 bits per heavy atom. The van der Waals surface area contributed by atoms with E-state index in [0.717, 1.165) is 4.31 Å². The van der Waals surface area contributed by atoms with Crippen LogP contribution in [0.15, 0.2) is 35.2 Å². The summed E-state index contributed by atoms with van der Waals surface area (Å²) in [5.74, 6) is 0. The van der Waals surface area contributed by atoms with Crippen LogP contribution in [0.25, 0.3) is 11.3 Å². The number of nitrogens with zero attached hydrogens (tertiary/aromatic N) is 3. The normalized spacial score (nSPS) is 12.4. The summed E-state index contributed by atoms with van der Waals surface area (Å²) in [5, 5.41) is 4.74. The minimum atomic E-state index is -3.49. The number of rotatable bonds is 4. The van der Waals surface area contributed by atoms with Crippen molar-refractivity contribution in [1.82, 2.24) is 14.1 Å². The highest BCUT2D eigenvalue weighted by Gasteiger charge is 2.22. The first kappa shape index (κ1) is 20.6. The third-order valence-electron chi connectivity index (χ3n) is 3.42. The van der Waals surface area contributed by atoms with Crippen LogP contribution >= 0.6 is 15.9 Å². The first-order chi connectivity index (χ1) is 12.0. The van der Waals surface area contributed by atoms with Crippen molar-refractivity contribution in [2.45, 2.75) is 36.6 Å². The Morgan fingerprint density at radius 2 is 1.81 bits per heavy atom. The van der Waals surface area contributed by atoms with E-state index in [2.05, 4.69) is 21.0 Å². The van der Waals surface area contributed by atoms with Gasteiger partial charge in [0.25, 0.3) is 0 Å². The van der Waals surface area contributed by atoms with E-state index in [4.69, 9.17) is 4.74 Å². The first-order valence-corrected chi connectivity index (χ1v) is 10.4. The summed E-state index contributed by atoms with van der Waals surface area (Å²) in [6.45, 7) is 5.35. The summed E-state index contributed by atoms with van der Waals surface area (Å²) in [5.41, 5.74) is 1.26. The van der Waals surface area contributed by atoms with E-state index in [1.165, 1.54) is 30.9 Å². The van der Waals surface area contributed by atoms with Crippen molar-refractivity contribution in [1.29, 1.82) is 0 Å². The van der Waals surface area contributed by atoms with Crippen LogP contribution in [0.3, 0.4) is 0 Å². The number of hydrogen-bond acceptors (Lipinski definition) is 5. The van der Waals surface area contributed by atoms with Gasteiger partial charge < -0.3 is 4.74 Å². The summed E-state index contributed by atoms with van der Waals surface area (Å²) in [6.07, 6.45) is -0.565. The number of ether oxygens (including phenoxy) is 1. The van der Waals surface area contributed by atoms with Gasteiger partial charge in [-0.1, -0.05) is 28.1 Å². The predicted molar refractivity (Wildman–Crippen MR) is 103 cm³/mol. The Bertz CT molecular complexity index is 897. The van der Waals surface area contributed by atoms with Crippen molar-refractivity contribution >= 4 is 32.0 Å². The highest BCUT2D eigenvalue weighted by atomic mass is 79.9. The maximum absolute atomic E-state index is 12.3. The molecule has 0 amide bonds. The molecule has 0 aliphatic carbocycles. The van der Waals surface area contributed by atoms with Crippen LogP contribution in [-0.4, -0.2) is 48.3 Å². The number of halogens is 1. The third kappa shape index (κ3) is 4.52. The van der Waals surface area contributed by atoms with Gasteiger partial charge in [0.05, 0.1) is 16.3 Å². The minimum Gasteiger partial charge on any atom is -0.442 e. The van der Waals surface area contributed by atoms with Crippen molar-refractivity contribution in [3.05, 3.63) is 36.0 Å². The number of alkyl halides is 1. The molecule has 2 aromatic rings. The van der Waals surface area contributed by atoms with E-state index in [9.17, 15) is 13.2 Å². The van der Waals surface area contributed by atoms with Gasteiger partial charge in [-0.05, 0) is 39.0 Å². The summed E-state index contributed by atoms with van der Waals surface area (Å²) in [6, 6.07) is 8.12. The van der Waals surface area contributed by atoms with Crippen LogP contribution in [0.4, 0.5) is 4.79 Å². The van der Waals surface area contributed by atoms with Crippen LogP contribution in [0.5, 0.6) is 0 Å².